The van der Waals surface area contributed by atoms with Crippen molar-refractivity contribution in [3.8, 4) is 40.2 Å². The zero-order valence-electron chi connectivity index (χ0n) is 18.0. The Bertz CT molecular complexity index is 1020. The minimum atomic E-state index is -0.573. The van der Waals surface area contributed by atoms with Crippen molar-refractivity contribution in [3.63, 3.8) is 0 Å². The highest BCUT2D eigenvalue weighted by atomic mass is 16.6. The predicted octanol–water partition coefficient (Wildman–Crippen LogP) is 4.39. The average Bonchev–Trinajstić information content (AvgIpc) is 3.47. The summed E-state index contributed by atoms with van der Waals surface area (Å²) in [7, 11) is 1.64. The highest BCUT2D eigenvalue weighted by molar-refractivity contribution is 5.77. The molecule has 0 aliphatic heterocycles. The topological polar surface area (TPSA) is 109 Å². The number of amides is 2. The molecule has 32 heavy (non-hydrogen) atoms. The minimum absolute atomic E-state index is 0.148. The molecule has 1 aromatic heterocycles. The Labute approximate surface area is 186 Å². The van der Waals surface area contributed by atoms with Crippen LogP contribution in [0.4, 0.5) is 4.79 Å². The molecule has 8 heteroatoms. The first-order chi connectivity index (χ1) is 15.6. The van der Waals surface area contributed by atoms with Gasteiger partial charge in [0.05, 0.1) is 13.7 Å². The van der Waals surface area contributed by atoms with E-state index in [4.69, 9.17) is 24.4 Å². The fourth-order valence-electron chi connectivity index (χ4n) is 3.69. The molecular formula is C24H27N3O5. The highest BCUT2D eigenvalue weighted by Crippen LogP contribution is 2.37. The molecule has 3 N–H and O–H groups in total. The molecule has 168 valence electrons. The number of rotatable bonds is 9. The van der Waals surface area contributed by atoms with Crippen LogP contribution in [0.25, 0.3) is 22.6 Å². The van der Waals surface area contributed by atoms with Crippen LogP contribution in [-0.2, 0) is 0 Å². The number of nitrogens with zero attached hydrogens (tertiary/aromatic N) is 1. The van der Waals surface area contributed by atoms with Crippen LogP contribution in [0.2, 0.25) is 0 Å². The zero-order chi connectivity index (χ0) is 22.3. The largest absolute Gasteiger partial charge is 0.497 e. The van der Waals surface area contributed by atoms with E-state index in [1.54, 1.807) is 7.11 Å². The van der Waals surface area contributed by atoms with Crippen LogP contribution in [0, 0.1) is 0 Å². The fourth-order valence-corrected chi connectivity index (χ4v) is 3.69. The smallest absolute Gasteiger partial charge is 0.394 e. The van der Waals surface area contributed by atoms with Gasteiger partial charge in [-0.1, -0.05) is 0 Å². The van der Waals surface area contributed by atoms with Crippen LogP contribution in [0.1, 0.15) is 25.7 Å². The van der Waals surface area contributed by atoms with E-state index in [9.17, 15) is 4.79 Å². The van der Waals surface area contributed by atoms with E-state index in [0.717, 1.165) is 29.7 Å². The van der Waals surface area contributed by atoms with E-state index >= 15 is 0 Å². The molecule has 0 bridgehead atoms. The summed E-state index contributed by atoms with van der Waals surface area (Å²) in [5, 5.41) is 2.49. The number of aromatic nitrogens is 1. The van der Waals surface area contributed by atoms with Crippen LogP contribution in [0.5, 0.6) is 17.6 Å². The lowest BCUT2D eigenvalue weighted by atomic mass is 10.1. The molecule has 4 rings (SSSR count). The van der Waals surface area contributed by atoms with Crippen LogP contribution in [-0.4, -0.2) is 37.4 Å². The molecule has 0 spiro atoms. The van der Waals surface area contributed by atoms with Crippen molar-refractivity contribution in [1.29, 1.82) is 0 Å². The SMILES string of the molecule is COc1ccc(-c2nc(OC3CCCC3)oc2-c2ccc(OCCNC(N)=O)cc2)cc1. The van der Waals surface area contributed by atoms with Crippen molar-refractivity contribution in [1.82, 2.24) is 10.3 Å². The molecule has 1 aliphatic rings. The molecule has 0 atom stereocenters. The van der Waals surface area contributed by atoms with Crippen LogP contribution in [0.15, 0.2) is 52.9 Å². The van der Waals surface area contributed by atoms with Gasteiger partial charge in [0.2, 0.25) is 0 Å². The predicted molar refractivity (Wildman–Crippen MR) is 120 cm³/mol. The summed E-state index contributed by atoms with van der Waals surface area (Å²) in [6.45, 7) is 0.656. The number of nitrogens with two attached hydrogens (primary N) is 1. The quantitative estimate of drug-likeness (QED) is 0.481. The van der Waals surface area contributed by atoms with E-state index in [1.165, 1.54) is 12.8 Å². The Morgan fingerprint density at radius 1 is 1.06 bits per heavy atom. The molecule has 0 unspecified atom stereocenters. The first kappa shape index (κ1) is 21.5. The van der Waals surface area contributed by atoms with Crippen molar-refractivity contribution in [2.45, 2.75) is 31.8 Å². The summed E-state index contributed by atoms with van der Waals surface area (Å²) < 4.78 is 23.0. The van der Waals surface area contributed by atoms with Gasteiger partial charge in [0, 0.05) is 11.1 Å². The third-order valence-corrected chi connectivity index (χ3v) is 5.33. The van der Waals surface area contributed by atoms with E-state index in [-0.39, 0.29) is 12.2 Å². The van der Waals surface area contributed by atoms with Gasteiger partial charge in [-0.2, -0.15) is 4.98 Å². The van der Waals surface area contributed by atoms with E-state index in [0.29, 0.717) is 30.4 Å². The summed E-state index contributed by atoms with van der Waals surface area (Å²) in [5.74, 6) is 2.08. The van der Waals surface area contributed by atoms with Gasteiger partial charge < -0.3 is 29.7 Å². The van der Waals surface area contributed by atoms with Gasteiger partial charge in [-0.3, -0.25) is 0 Å². The van der Waals surface area contributed by atoms with Gasteiger partial charge in [-0.05, 0) is 74.2 Å². The Kier molecular flexibility index (Phi) is 6.79. The summed E-state index contributed by atoms with van der Waals surface area (Å²) in [6.07, 6.45) is 4.81. The molecule has 2 aromatic carbocycles. The Morgan fingerprint density at radius 3 is 2.38 bits per heavy atom. The van der Waals surface area contributed by atoms with Crippen molar-refractivity contribution in [2.24, 2.45) is 5.73 Å². The maximum absolute atomic E-state index is 10.7. The van der Waals surface area contributed by atoms with Crippen molar-refractivity contribution < 1.29 is 23.4 Å². The lowest BCUT2D eigenvalue weighted by Gasteiger charge is -2.08. The Hall–Kier alpha value is -3.68. The summed E-state index contributed by atoms with van der Waals surface area (Å²) in [6, 6.07) is 14.6. The molecule has 0 radical (unpaired) electrons. The number of methoxy groups -OCH3 is 1. The van der Waals surface area contributed by atoms with Gasteiger partial charge in [0.1, 0.15) is 29.9 Å². The zero-order valence-corrected chi connectivity index (χ0v) is 18.0. The number of ether oxygens (including phenoxy) is 3. The third kappa shape index (κ3) is 5.32. The number of nitrogens with one attached hydrogen (secondary N) is 1. The normalized spacial score (nSPS) is 13.7. The van der Waals surface area contributed by atoms with Crippen molar-refractivity contribution >= 4 is 6.03 Å². The number of oxazole rings is 1. The molecule has 0 saturated heterocycles. The maximum atomic E-state index is 10.7. The number of carbonyl (C=O) groups is 1. The Balaban J connectivity index is 1.56. The standard InChI is InChI=1S/C24H27N3O5/c1-29-18-10-6-16(7-11-18)21-22(32-24(27-21)31-20-4-2-3-5-20)17-8-12-19(13-9-17)30-15-14-26-23(25)28/h6-13,20H,2-5,14-15H2,1H3,(H3,25,26,28). The van der Waals surface area contributed by atoms with Gasteiger partial charge >= 0.3 is 12.1 Å². The summed E-state index contributed by atoms with van der Waals surface area (Å²) in [4.78, 5) is 15.4. The second-order valence-electron chi connectivity index (χ2n) is 7.57. The molecule has 8 nitrogen and oxygen atoms in total. The number of benzene rings is 2. The lowest BCUT2D eigenvalue weighted by Crippen LogP contribution is -2.32. The molecule has 1 heterocycles. The molecule has 3 aromatic rings. The van der Waals surface area contributed by atoms with Gasteiger partial charge in [0.15, 0.2) is 5.76 Å². The van der Waals surface area contributed by atoms with Crippen molar-refractivity contribution in [3.05, 3.63) is 48.5 Å². The van der Waals surface area contributed by atoms with Gasteiger partial charge in [-0.15, -0.1) is 0 Å². The third-order valence-electron chi connectivity index (χ3n) is 5.33. The molecule has 2 amide bonds. The van der Waals surface area contributed by atoms with E-state index in [2.05, 4.69) is 10.3 Å². The van der Waals surface area contributed by atoms with E-state index in [1.807, 2.05) is 48.5 Å². The van der Waals surface area contributed by atoms with Crippen LogP contribution < -0.4 is 25.3 Å². The second-order valence-corrected chi connectivity index (χ2v) is 7.57. The lowest BCUT2D eigenvalue weighted by molar-refractivity contribution is 0.154. The van der Waals surface area contributed by atoms with Gasteiger partial charge in [-0.25, -0.2) is 4.79 Å². The van der Waals surface area contributed by atoms with Crippen LogP contribution in [0.3, 0.4) is 0 Å². The average molecular weight is 437 g/mol. The number of urea groups is 1. The number of carbonyl (C=O) groups excluding carboxylic acids is 1. The summed E-state index contributed by atoms with van der Waals surface area (Å²) >= 11 is 0. The second kappa shape index (κ2) is 10.1. The first-order valence-electron chi connectivity index (χ1n) is 10.7. The summed E-state index contributed by atoms with van der Waals surface area (Å²) in [5.41, 5.74) is 7.52. The molecule has 1 aliphatic carbocycles. The first-order valence-corrected chi connectivity index (χ1v) is 10.7. The molecule has 1 saturated carbocycles. The van der Waals surface area contributed by atoms with Gasteiger partial charge in [0.25, 0.3) is 0 Å². The molecule has 1 fully saturated rings. The number of hydrogen-bond acceptors (Lipinski definition) is 6. The maximum Gasteiger partial charge on any atom is 0.394 e. The number of hydrogen-bond donors (Lipinski definition) is 2. The van der Waals surface area contributed by atoms with Crippen LogP contribution >= 0.6 is 0 Å². The van der Waals surface area contributed by atoms with E-state index < -0.39 is 6.03 Å². The minimum Gasteiger partial charge on any atom is -0.497 e. The van der Waals surface area contributed by atoms with Crippen molar-refractivity contribution in [2.75, 3.05) is 20.3 Å². The monoisotopic (exact) mass is 437 g/mol. The molecular weight excluding hydrogens is 410 g/mol. The number of primary amides is 1. The highest BCUT2D eigenvalue weighted by Gasteiger charge is 2.23. The Morgan fingerprint density at radius 2 is 1.72 bits per heavy atom. The fraction of sp³-hybridized carbons (Fsp3) is 0.333.